The Morgan fingerprint density at radius 2 is 1.76 bits per heavy atom. The van der Waals surface area contributed by atoms with E-state index in [1.54, 1.807) is 43.5 Å². The van der Waals surface area contributed by atoms with Crippen LogP contribution in [0.5, 0.6) is 11.5 Å². The van der Waals surface area contributed by atoms with Crippen molar-refractivity contribution in [2.75, 3.05) is 7.11 Å². The lowest BCUT2D eigenvalue weighted by molar-refractivity contribution is -0.0328. The average Bonchev–Trinajstić information content (AvgIpc) is 3.19. The molecular formula is C27H26F3N3O3S. The van der Waals surface area contributed by atoms with Crippen LogP contribution >= 0.6 is 11.8 Å². The summed E-state index contributed by atoms with van der Waals surface area (Å²) in [6.07, 6.45) is 0. The third-order valence-electron chi connectivity index (χ3n) is 5.43. The van der Waals surface area contributed by atoms with Gasteiger partial charge in [0.05, 0.1) is 18.1 Å². The third kappa shape index (κ3) is 6.76. The molecule has 194 valence electrons. The number of nitrogens with one attached hydrogen (secondary N) is 1. The van der Waals surface area contributed by atoms with E-state index in [1.807, 2.05) is 36.6 Å². The van der Waals surface area contributed by atoms with Gasteiger partial charge in [0.25, 0.3) is 5.91 Å². The van der Waals surface area contributed by atoms with Gasteiger partial charge in [-0.15, -0.1) is 0 Å². The molecular weight excluding hydrogens is 503 g/mol. The Labute approximate surface area is 216 Å². The smallest absolute Gasteiger partial charge is 0.446 e. The van der Waals surface area contributed by atoms with Crippen molar-refractivity contribution in [3.05, 3.63) is 83.7 Å². The van der Waals surface area contributed by atoms with Crippen LogP contribution in [0.4, 0.5) is 13.2 Å². The van der Waals surface area contributed by atoms with E-state index in [0.717, 1.165) is 11.1 Å². The zero-order valence-electron chi connectivity index (χ0n) is 20.5. The highest BCUT2D eigenvalue weighted by Gasteiger charge is 2.29. The molecule has 0 atom stereocenters. The number of para-hydroxylation sites is 2. The van der Waals surface area contributed by atoms with E-state index in [1.165, 1.54) is 12.1 Å². The first-order valence-electron chi connectivity index (χ1n) is 11.5. The second kappa shape index (κ2) is 11.2. The summed E-state index contributed by atoms with van der Waals surface area (Å²) < 4.78 is 51.4. The maximum absolute atomic E-state index is 12.7. The summed E-state index contributed by atoms with van der Waals surface area (Å²) in [5.74, 6) is 1.52. The van der Waals surface area contributed by atoms with E-state index in [9.17, 15) is 18.0 Å². The van der Waals surface area contributed by atoms with Gasteiger partial charge in [0, 0.05) is 23.0 Å². The standard InChI is InChI=1S/C27H26F3N3O3S/c1-17(2)31-26(34)19-10-13-22-21(14-19)32-25(16-36-24-7-5-4-6-23(24)35-3)33(22)15-18-8-11-20(12-9-18)37-27(28,29)30/h4-14,17H,15-16H2,1-3H3,(H,31,34). The molecule has 1 N–H and O–H groups in total. The van der Waals surface area contributed by atoms with Crippen LogP contribution in [0.1, 0.15) is 35.6 Å². The summed E-state index contributed by atoms with van der Waals surface area (Å²) in [7, 11) is 1.56. The van der Waals surface area contributed by atoms with Crippen LogP contribution < -0.4 is 14.8 Å². The number of carbonyl (C=O) groups excluding carboxylic acids is 1. The van der Waals surface area contributed by atoms with Crippen LogP contribution in [0.3, 0.4) is 0 Å². The SMILES string of the molecule is COc1ccccc1OCc1nc2cc(C(=O)NC(C)C)ccc2n1Cc1ccc(SC(F)(F)F)cc1. The van der Waals surface area contributed by atoms with E-state index in [2.05, 4.69) is 5.32 Å². The highest BCUT2D eigenvalue weighted by atomic mass is 32.2. The van der Waals surface area contributed by atoms with Crippen LogP contribution in [-0.2, 0) is 13.2 Å². The number of fused-ring (bicyclic) bond motifs is 1. The zero-order valence-corrected chi connectivity index (χ0v) is 21.3. The van der Waals surface area contributed by atoms with Crippen molar-refractivity contribution in [1.29, 1.82) is 0 Å². The van der Waals surface area contributed by atoms with Gasteiger partial charge in [0.2, 0.25) is 0 Å². The number of nitrogens with zero attached hydrogens (tertiary/aromatic N) is 2. The van der Waals surface area contributed by atoms with Crippen LogP contribution in [0.25, 0.3) is 11.0 Å². The molecule has 0 aliphatic carbocycles. The number of ether oxygens (including phenoxy) is 2. The lowest BCUT2D eigenvalue weighted by atomic mass is 10.1. The largest absolute Gasteiger partial charge is 0.493 e. The van der Waals surface area contributed by atoms with Gasteiger partial charge in [0.1, 0.15) is 12.4 Å². The van der Waals surface area contributed by atoms with Crippen LogP contribution in [0, 0.1) is 0 Å². The average molecular weight is 530 g/mol. The number of carbonyl (C=O) groups is 1. The van der Waals surface area contributed by atoms with E-state index in [4.69, 9.17) is 14.5 Å². The van der Waals surface area contributed by atoms with Gasteiger partial charge in [-0.05, 0) is 73.6 Å². The number of thioether (sulfide) groups is 1. The highest BCUT2D eigenvalue weighted by Crippen LogP contribution is 2.37. The summed E-state index contributed by atoms with van der Waals surface area (Å²) in [4.78, 5) is 17.4. The molecule has 0 aliphatic rings. The predicted molar refractivity (Wildman–Crippen MR) is 137 cm³/mol. The Kier molecular flexibility index (Phi) is 7.97. The third-order valence-corrected chi connectivity index (χ3v) is 6.17. The second-order valence-corrected chi connectivity index (χ2v) is 9.72. The van der Waals surface area contributed by atoms with Crippen molar-refractivity contribution in [3.63, 3.8) is 0 Å². The van der Waals surface area contributed by atoms with Crippen molar-refractivity contribution in [1.82, 2.24) is 14.9 Å². The normalized spacial score (nSPS) is 11.6. The first-order valence-corrected chi connectivity index (χ1v) is 12.3. The first-order chi connectivity index (χ1) is 17.6. The molecule has 1 aromatic heterocycles. The molecule has 0 saturated heterocycles. The molecule has 10 heteroatoms. The van der Waals surface area contributed by atoms with E-state index < -0.39 is 5.51 Å². The Hall–Kier alpha value is -3.66. The molecule has 0 saturated carbocycles. The lowest BCUT2D eigenvalue weighted by Crippen LogP contribution is -2.29. The number of methoxy groups -OCH3 is 1. The number of aromatic nitrogens is 2. The maximum atomic E-state index is 12.7. The molecule has 0 spiro atoms. The van der Waals surface area contributed by atoms with Crippen molar-refractivity contribution in [2.24, 2.45) is 0 Å². The fourth-order valence-corrected chi connectivity index (χ4v) is 4.35. The van der Waals surface area contributed by atoms with Gasteiger partial charge in [-0.25, -0.2) is 4.98 Å². The first kappa shape index (κ1) is 26.4. The molecule has 0 fully saturated rings. The monoisotopic (exact) mass is 529 g/mol. The van der Waals surface area contributed by atoms with Gasteiger partial charge in [0.15, 0.2) is 11.5 Å². The molecule has 0 radical (unpaired) electrons. The number of rotatable bonds is 9. The van der Waals surface area contributed by atoms with Gasteiger partial charge in [-0.3, -0.25) is 4.79 Å². The number of amides is 1. The fourth-order valence-electron chi connectivity index (χ4n) is 3.81. The topological polar surface area (TPSA) is 65.4 Å². The molecule has 0 bridgehead atoms. The Bertz CT molecular complexity index is 1390. The summed E-state index contributed by atoms with van der Waals surface area (Å²) >= 11 is -0.148. The molecule has 3 aromatic carbocycles. The number of hydrogen-bond acceptors (Lipinski definition) is 5. The predicted octanol–water partition coefficient (Wildman–Crippen LogP) is 6.42. The highest BCUT2D eigenvalue weighted by molar-refractivity contribution is 8.00. The maximum Gasteiger partial charge on any atom is 0.446 e. The van der Waals surface area contributed by atoms with Gasteiger partial charge >= 0.3 is 5.51 Å². The van der Waals surface area contributed by atoms with Gasteiger partial charge in [-0.2, -0.15) is 13.2 Å². The number of imidazole rings is 1. The molecule has 1 heterocycles. The molecule has 37 heavy (non-hydrogen) atoms. The number of hydrogen-bond donors (Lipinski definition) is 1. The molecule has 1 amide bonds. The Balaban J connectivity index is 1.67. The molecule has 0 aliphatic heterocycles. The second-order valence-electron chi connectivity index (χ2n) is 8.58. The van der Waals surface area contributed by atoms with Crippen LogP contribution in [-0.4, -0.2) is 34.1 Å². The van der Waals surface area contributed by atoms with Crippen molar-refractivity contribution in [3.8, 4) is 11.5 Å². The quantitative estimate of drug-likeness (QED) is 0.254. The van der Waals surface area contributed by atoms with Crippen molar-refractivity contribution < 1.29 is 27.4 Å². The molecule has 4 rings (SSSR count). The van der Waals surface area contributed by atoms with Gasteiger partial charge < -0.3 is 19.4 Å². The zero-order chi connectivity index (χ0) is 26.6. The molecule has 0 unspecified atom stereocenters. The Morgan fingerprint density at radius 1 is 1.05 bits per heavy atom. The molecule has 6 nitrogen and oxygen atoms in total. The minimum absolute atomic E-state index is 0.0101. The lowest BCUT2D eigenvalue weighted by Gasteiger charge is -2.13. The number of halogens is 3. The van der Waals surface area contributed by atoms with Gasteiger partial charge in [-0.1, -0.05) is 24.3 Å². The minimum atomic E-state index is -4.34. The number of alkyl halides is 3. The van der Waals surface area contributed by atoms with E-state index in [-0.39, 0.29) is 35.2 Å². The fraction of sp³-hybridized carbons (Fsp3) is 0.259. The number of benzene rings is 3. The summed E-state index contributed by atoms with van der Waals surface area (Å²) in [6.45, 7) is 4.24. The van der Waals surface area contributed by atoms with Crippen LogP contribution in [0.15, 0.2) is 71.6 Å². The summed E-state index contributed by atoms with van der Waals surface area (Å²) in [6, 6.07) is 18.7. The van der Waals surface area contributed by atoms with E-state index >= 15 is 0 Å². The van der Waals surface area contributed by atoms with E-state index in [0.29, 0.717) is 34.9 Å². The Morgan fingerprint density at radius 3 is 2.41 bits per heavy atom. The minimum Gasteiger partial charge on any atom is -0.493 e. The molecule has 4 aromatic rings. The van der Waals surface area contributed by atoms with Crippen molar-refractivity contribution in [2.45, 2.75) is 43.4 Å². The summed E-state index contributed by atoms with van der Waals surface area (Å²) in [5, 5.41) is 2.87. The summed E-state index contributed by atoms with van der Waals surface area (Å²) in [5.41, 5.74) is -1.68. The van der Waals surface area contributed by atoms with Crippen LogP contribution in [0.2, 0.25) is 0 Å². The van der Waals surface area contributed by atoms with Crippen molar-refractivity contribution >= 4 is 28.7 Å².